The molecule has 0 heterocycles. The quantitative estimate of drug-likeness (QED) is 0.561. The second kappa shape index (κ2) is 8.60. The summed E-state index contributed by atoms with van der Waals surface area (Å²) in [6, 6.07) is 8.23. The Bertz CT molecular complexity index is 362. The first-order valence-electron chi connectivity index (χ1n) is 6.58. The number of terminal acetylenes is 1. The van der Waals surface area contributed by atoms with Gasteiger partial charge in [-0.05, 0) is 36.6 Å². The fraction of sp³-hybridized carbons (Fsp3) is 0.500. The van der Waals surface area contributed by atoms with Gasteiger partial charge in [-0.15, -0.1) is 12.3 Å². The van der Waals surface area contributed by atoms with Gasteiger partial charge < -0.3 is 10.1 Å². The van der Waals surface area contributed by atoms with Gasteiger partial charge in [0.25, 0.3) is 0 Å². The molecule has 2 nitrogen and oxygen atoms in total. The maximum Gasteiger partial charge on any atom is 0.119 e. The average Bonchev–Trinajstić information content (AvgIpc) is 2.36. The molecule has 0 aromatic heterocycles. The number of hydrogen-bond donors (Lipinski definition) is 1. The molecule has 0 aliphatic heterocycles. The standard InChI is InChI=1S/C16H23NO/c1-4-5-6-11-18-16-9-7-15(8-10-16)13-17-12-14(2)3/h1,7-10,14,17H,5-6,11-13H2,2-3H3. The summed E-state index contributed by atoms with van der Waals surface area (Å²) < 4.78 is 5.59. The minimum atomic E-state index is 0.684. The molecular formula is C16H23NO. The molecule has 1 rings (SSSR count). The number of rotatable bonds is 8. The zero-order chi connectivity index (χ0) is 13.2. The van der Waals surface area contributed by atoms with Gasteiger partial charge in [-0.3, -0.25) is 0 Å². The van der Waals surface area contributed by atoms with Gasteiger partial charge in [0.2, 0.25) is 0 Å². The van der Waals surface area contributed by atoms with E-state index in [4.69, 9.17) is 11.2 Å². The van der Waals surface area contributed by atoms with E-state index in [0.717, 1.165) is 31.7 Å². The number of ether oxygens (including phenoxy) is 1. The lowest BCUT2D eigenvalue weighted by Gasteiger charge is -2.09. The van der Waals surface area contributed by atoms with Gasteiger partial charge in [0, 0.05) is 13.0 Å². The molecule has 0 fully saturated rings. The molecule has 1 aromatic carbocycles. The first kappa shape index (κ1) is 14.6. The van der Waals surface area contributed by atoms with Crippen molar-refractivity contribution in [1.82, 2.24) is 5.32 Å². The third-order valence-corrected chi connectivity index (χ3v) is 2.54. The molecule has 0 aliphatic carbocycles. The molecule has 0 aliphatic rings. The third-order valence-electron chi connectivity index (χ3n) is 2.54. The van der Waals surface area contributed by atoms with Crippen LogP contribution in [0.5, 0.6) is 5.75 Å². The highest BCUT2D eigenvalue weighted by Crippen LogP contribution is 2.12. The molecule has 0 bridgehead atoms. The van der Waals surface area contributed by atoms with Crippen molar-refractivity contribution in [2.24, 2.45) is 5.92 Å². The van der Waals surface area contributed by atoms with Crippen LogP contribution in [0.15, 0.2) is 24.3 Å². The molecule has 0 atom stereocenters. The van der Waals surface area contributed by atoms with Crippen molar-refractivity contribution in [1.29, 1.82) is 0 Å². The monoisotopic (exact) mass is 245 g/mol. The molecule has 18 heavy (non-hydrogen) atoms. The Morgan fingerprint density at radius 1 is 1.28 bits per heavy atom. The Balaban J connectivity index is 2.27. The molecular weight excluding hydrogens is 222 g/mol. The fourth-order valence-electron chi connectivity index (χ4n) is 1.57. The van der Waals surface area contributed by atoms with Crippen molar-refractivity contribution in [2.75, 3.05) is 13.2 Å². The van der Waals surface area contributed by atoms with Crippen molar-refractivity contribution in [3.8, 4) is 18.1 Å². The van der Waals surface area contributed by atoms with Crippen LogP contribution >= 0.6 is 0 Å². The molecule has 0 saturated heterocycles. The number of hydrogen-bond acceptors (Lipinski definition) is 2. The Morgan fingerprint density at radius 2 is 2.00 bits per heavy atom. The van der Waals surface area contributed by atoms with E-state index < -0.39 is 0 Å². The first-order valence-corrected chi connectivity index (χ1v) is 6.58. The topological polar surface area (TPSA) is 21.3 Å². The van der Waals surface area contributed by atoms with Crippen molar-refractivity contribution in [3.05, 3.63) is 29.8 Å². The van der Waals surface area contributed by atoms with Crippen LogP contribution in [0, 0.1) is 18.3 Å². The fourth-order valence-corrected chi connectivity index (χ4v) is 1.57. The summed E-state index contributed by atoms with van der Waals surface area (Å²) in [5, 5.41) is 3.42. The third kappa shape index (κ3) is 6.32. The Kier molecular flexibility index (Phi) is 6.98. The van der Waals surface area contributed by atoms with Gasteiger partial charge in [-0.1, -0.05) is 26.0 Å². The number of unbranched alkanes of at least 4 members (excludes halogenated alkanes) is 1. The largest absolute Gasteiger partial charge is 0.494 e. The number of nitrogens with one attached hydrogen (secondary N) is 1. The van der Waals surface area contributed by atoms with Crippen LogP contribution in [0.3, 0.4) is 0 Å². The van der Waals surface area contributed by atoms with Gasteiger partial charge in [0.05, 0.1) is 6.61 Å². The lowest BCUT2D eigenvalue weighted by molar-refractivity contribution is 0.313. The van der Waals surface area contributed by atoms with Gasteiger partial charge in [0.1, 0.15) is 5.75 Å². The highest BCUT2D eigenvalue weighted by Gasteiger charge is 1.97. The molecule has 2 heteroatoms. The van der Waals surface area contributed by atoms with Gasteiger partial charge in [0.15, 0.2) is 0 Å². The summed E-state index contributed by atoms with van der Waals surface area (Å²) in [7, 11) is 0. The zero-order valence-corrected chi connectivity index (χ0v) is 11.4. The molecule has 0 saturated carbocycles. The number of benzene rings is 1. The zero-order valence-electron chi connectivity index (χ0n) is 11.4. The minimum absolute atomic E-state index is 0.684. The molecule has 0 unspecified atom stereocenters. The summed E-state index contributed by atoms with van der Waals surface area (Å²) in [5.74, 6) is 4.21. The van der Waals surface area contributed by atoms with Crippen molar-refractivity contribution >= 4 is 0 Å². The molecule has 0 spiro atoms. The van der Waals surface area contributed by atoms with Crippen LogP contribution in [-0.2, 0) is 6.54 Å². The average molecular weight is 245 g/mol. The van der Waals surface area contributed by atoms with E-state index in [9.17, 15) is 0 Å². The minimum Gasteiger partial charge on any atom is -0.494 e. The highest BCUT2D eigenvalue weighted by atomic mass is 16.5. The van der Waals surface area contributed by atoms with Crippen LogP contribution in [-0.4, -0.2) is 13.2 Å². The van der Waals surface area contributed by atoms with Crippen molar-refractivity contribution in [3.63, 3.8) is 0 Å². The Morgan fingerprint density at radius 3 is 2.61 bits per heavy atom. The van der Waals surface area contributed by atoms with Crippen LogP contribution in [0.25, 0.3) is 0 Å². The summed E-state index contributed by atoms with van der Waals surface area (Å²) in [6.45, 7) is 7.06. The summed E-state index contributed by atoms with van der Waals surface area (Å²) in [6.07, 6.45) is 6.87. The van der Waals surface area contributed by atoms with E-state index >= 15 is 0 Å². The molecule has 1 aromatic rings. The van der Waals surface area contributed by atoms with Crippen LogP contribution in [0.4, 0.5) is 0 Å². The highest BCUT2D eigenvalue weighted by molar-refractivity contribution is 5.27. The Hall–Kier alpha value is -1.46. The molecule has 0 radical (unpaired) electrons. The van der Waals surface area contributed by atoms with Gasteiger partial charge in [-0.25, -0.2) is 0 Å². The summed E-state index contributed by atoms with van der Waals surface area (Å²) in [4.78, 5) is 0. The van der Waals surface area contributed by atoms with Crippen LogP contribution < -0.4 is 10.1 Å². The van der Waals surface area contributed by atoms with E-state index in [0.29, 0.717) is 12.5 Å². The van der Waals surface area contributed by atoms with E-state index in [1.54, 1.807) is 0 Å². The Labute approximate surface area is 111 Å². The van der Waals surface area contributed by atoms with E-state index in [-0.39, 0.29) is 0 Å². The van der Waals surface area contributed by atoms with Gasteiger partial charge >= 0.3 is 0 Å². The smallest absolute Gasteiger partial charge is 0.119 e. The normalized spacial score (nSPS) is 10.3. The van der Waals surface area contributed by atoms with E-state index in [1.807, 2.05) is 12.1 Å². The van der Waals surface area contributed by atoms with E-state index in [2.05, 4.69) is 37.2 Å². The first-order chi connectivity index (χ1) is 8.72. The lowest BCUT2D eigenvalue weighted by Crippen LogP contribution is -2.18. The van der Waals surface area contributed by atoms with Crippen LogP contribution in [0.2, 0.25) is 0 Å². The maximum absolute atomic E-state index is 5.59. The predicted molar refractivity (Wildman–Crippen MR) is 76.5 cm³/mol. The molecule has 1 N–H and O–H groups in total. The maximum atomic E-state index is 5.59. The predicted octanol–water partition coefficient (Wildman–Crippen LogP) is 3.22. The molecule has 0 amide bonds. The van der Waals surface area contributed by atoms with Crippen molar-refractivity contribution in [2.45, 2.75) is 33.2 Å². The van der Waals surface area contributed by atoms with Crippen LogP contribution in [0.1, 0.15) is 32.3 Å². The summed E-state index contributed by atoms with van der Waals surface area (Å²) >= 11 is 0. The van der Waals surface area contributed by atoms with Crippen molar-refractivity contribution < 1.29 is 4.74 Å². The molecule has 98 valence electrons. The summed E-state index contributed by atoms with van der Waals surface area (Å²) in [5.41, 5.74) is 1.28. The SMILES string of the molecule is C#CCCCOc1ccc(CNCC(C)C)cc1. The van der Waals surface area contributed by atoms with E-state index in [1.165, 1.54) is 5.56 Å². The lowest BCUT2D eigenvalue weighted by atomic mass is 10.2. The van der Waals surface area contributed by atoms with Gasteiger partial charge in [-0.2, -0.15) is 0 Å². The second-order valence-electron chi connectivity index (χ2n) is 4.82. The second-order valence-corrected chi connectivity index (χ2v) is 4.82.